The maximum atomic E-state index is 12.0. The molecule has 1 aromatic rings. The van der Waals surface area contributed by atoms with E-state index in [-0.39, 0.29) is 12.3 Å². The molecule has 0 atom stereocenters. The number of carboxylic acids is 1. The van der Waals surface area contributed by atoms with Gasteiger partial charge in [0.1, 0.15) is 5.75 Å². The van der Waals surface area contributed by atoms with Gasteiger partial charge in [-0.3, -0.25) is 9.59 Å². The van der Waals surface area contributed by atoms with E-state index in [0.29, 0.717) is 11.4 Å². The molecule has 0 bridgehead atoms. The Bertz CT molecular complexity index is 540. The van der Waals surface area contributed by atoms with Gasteiger partial charge in [-0.05, 0) is 38.5 Å². The van der Waals surface area contributed by atoms with Crippen molar-refractivity contribution in [3.63, 3.8) is 0 Å². The van der Waals surface area contributed by atoms with Gasteiger partial charge >= 0.3 is 5.97 Å². The third kappa shape index (κ3) is 3.96. The quantitative estimate of drug-likeness (QED) is 0.860. The molecule has 5 nitrogen and oxygen atoms in total. The van der Waals surface area contributed by atoms with Gasteiger partial charge < -0.3 is 15.2 Å². The first-order chi connectivity index (χ1) is 9.17. The summed E-state index contributed by atoms with van der Waals surface area (Å²) in [7, 11) is 1.51. The summed E-state index contributed by atoms with van der Waals surface area (Å²) in [4.78, 5) is 23.0. The molecule has 2 N–H and O–H groups in total. The molecule has 6 heteroatoms. The number of anilines is 1. The molecule has 0 aliphatic heterocycles. The van der Waals surface area contributed by atoms with Crippen molar-refractivity contribution in [1.29, 1.82) is 0 Å². The summed E-state index contributed by atoms with van der Waals surface area (Å²) in [5.74, 6) is -0.841. The zero-order chi connectivity index (χ0) is 15.5. The standard InChI is InChI=1S/C14H18BrNO4/c1-8-5-9(15)6-10(20-4)12(8)16-11(17)7-14(2,3)13(18)19/h5-6H,7H2,1-4H3,(H,16,17)(H,18,19). The predicted molar refractivity (Wildman–Crippen MR) is 80.1 cm³/mol. The molecule has 0 radical (unpaired) electrons. The fourth-order valence-corrected chi connectivity index (χ4v) is 2.25. The molecule has 0 aliphatic rings. The Morgan fingerprint density at radius 3 is 2.50 bits per heavy atom. The van der Waals surface area contributed by atoms with E-state index in [2.05, 4.69) is 21.2 Å². The summed E-state index contributed by atoms with van der Waals surface area (Å²) in [5.41, 5.74) is 0.278. The van der Waals surface area contributed by atoms with Crippen molar-refractivity contribution in [1.82, 2.24) is 0 Å². The fraction of sp³-hybridized carbons (Fsp3) is 0.429. The Hall–Kier alpha value is -1.56. The molecule has 0 fully saturated rings. The number of carbonyl (C=O) groups is 2. The highest BCUT2D eigenvalue weighted by Gasteiger charge is 2.30. The van der Waals surface area contributed by atoms with E-state index in [4.69, 9.17) is 9.84 Å². The minimum Gasteiger partial charge on any atom is -0.495 e. The first-order valence-electron chi connectivity index (χ1n) is 6.05. The van der Waals surface area contributed by atoms with Gasteiger partial charge in [0.2, 0.25) is 5.91 Å². The van der Waals surface area contributed by atoms with Crippen molar-refractivity contribution in [3.8, 4) is 5.75 Å². The number of carboxylic acid groups (broad SMARTS) is 1. The Balaban J connectivity index is 2.94. The lowest BCUT2D eigenvalue weighted by atomic mass is 9.89. The zero-order valence-corrected chi connectivity index (χ0v) is 13.5. The molecule has 1 amide bonds. The molecule has 0 spiro atoms. The van der Waals surface area contributed by atoms with Crippen molar-refractivity contribution in [2.24, 2.45) is 5.41 Å². The highest BCUT2D eigenvalue weighted by Crippen LogP contribution is 2.32. The van der Waals surface area contributed by atoms with Crippen LogP contribution in [0.15, 0.2) is 16.6 Å². The molecule has 0 aliphatic carbocycles. The second kappa shape index (κ2) is 6.26. The van der Waals surface area contributed by atoms with E-state index in [1.807, 2.05) is 13.0 Å². The molecule has 0 unspecified atom stereocenters. The van der Waals surface area contributed by atoms with Crippen LogP contribution in [-0.2, 0) is 9.59 Å². The summed E-state index contributed by atoms with van der Waals surface area (Å²) in [5, 5.41) is 11.8. The predicted octanol–water partition coefficient (Wildman–Crippen LogP) is 3.21. The van der Waals surface area contributed by atoms with Crippen LogP contribution >= 0.6 is 15.9 Å². The SMILES string of the molecule is COc1cc(Br)cc(C)c1NC(=O)CC(C)(C)C(=O)O. The Kier molecular flexibility index (Phi) is 5.16. The Labute approximate surface area is 126 Å². The van der Waals surface area contributed by atoms with Crippen LogP contribution in [0.25, 0.3) is 0 Å². The summed E-state index contributed by atoms with van der Waals surface area (Å²) in [6.45, 7) is 4.87. The number of rotatable bonds is 5. The van der Waals surface area contributed by atoms with E-state index < -0.39 is 11.4 Å². The highest BCUT2D eigenvalue weighted by molar-refractivity contribution is 9.10. The lowest BCUT2D eigenvalue weighted by Gasteiger charge is -2.19. The number of aryl methyl sites for hydroxylation is 1. The van der Waals surface area contributed by atoms with Crippen molar-refractivity contribution < 1.29 is 19.4 Å². The number of aliphatic carboxylic acids is 1. The van der Waals surface area contributed by atoms with Gasteiger partial charge in [-0.2, -0.15) is 0 Å². The van der Waals surface area contributed by atoms with Crippen LogP contribution in [-0.4, -0.2) is 24.1 Å². The smallest absolute Gasteiger partial charge is 0.309 e. The number of methoxy groups -OCH3 is 1. The van der Waals surface area contributed by atoms with Crippen LogP contribution in [0.2, 0.25) is 0 Å². The average Bonchev–Trinajstić information content (AvgIpc) is 2.31. The van der Waals surface area contributed by atoms with E-state index >= 15 is 0 Å². The molecule has 1 rings (SSSR count). The number of amides is 1. The van der Waals surface area contributed by atoms with Gasteiger partial charge in [0.15, 0.2) is 0 Å². The minimum absolute atomic E-state index is 0.110. The zero-order valence-electron chi connectivity index (χ0n) is 11.9. The van der Waals surface area contributed by atoms with Crippen molar-refractivity contribution in [3.05, 3.63) is 22.2 Å². The molecule has 0 saturated heterocycles. The first-order valence-corrected chi connectivity index (χ1v) is 6.84. The summed E-state index contributed by atoms with van der Waals surface area (Å²) >= 11 is 3.35. The van der Waals surface area contributed by atoms with Gasteiger partial charge in [0.05, 0.1) is 18.2 Å². The molecule has 1 aromatic carbocycles. The van der Waals surface area contributed by atoms with Gasteiger partial charge in [-0.1, -0.05) is 15.9 Å². The summed E-state index contributed by atoms with van der Waals surface area (Å²) < 4.78 is 6.07. The number of hydrogen-bond donors (Lipinski definition) is 2. The summed E-state index contributed by atoms with van der Waals surface area (Å²) in [6.07, 6.45) is -0.110. The number of hydrogen-bond acceptors (Lipinski definition) is 3. The fourth-order valence-electron chi connectivity index (χ4n) is 1.69. The molecule has 0 heterocycles. The third-order valence-electron chi connectivity index (χ3n) is 2.93. The first kappa shape index (κ1) is 16.5. The van der Waals surface area contributed by atoms with Crippen LogP contribution in [0, 0.1) is 12.3 Å². The van der Waals surface area contributed by atoms with Crippen LogP contribution in [0.1, 0.15) is 25.8 Å². The van der Waals surface area contributed by atoms with Crippen LogP contribution in [0.4, 0.5) is 5.69 Å². The molecular formula is C14H18BrNO4. The second-order valence-electron chi connectivity index (χ2n) is 5.21. The van der Waals surface area contributed by atoms with Gasteiger partial charge in [0.25, 0.3) is 0 Å². The molecule has 20 heavy (non-hydrogen) atoms. The number of benzene rings is 1. The van der Waals surface area contributed by atoms with E-state index in [9.17, 15) is 9.59 Å². The van der Waals surface area contributed by atoms with Crippen molar-refractivity contribution in [2.45, 2.75) is 27.2 Å². The Morgan fingerprint density at radius 2 is 2.00 bits per heavy atom. The maximum absolute atomic E-state index is 12.0. The van der Waals surface area contributed by atoms with Crippen molar-refractivity contribution >= 4 is 33.5 Å². The lowest BCUT2D eigenvalue weighted by molar-refractivity contribution is -0.148. The highest BCUT2D eigenvalue weighted by atomic mass is 79.9. The molecular weight excluding hydrogens is 326 g/mol. The number of carbonyl (C=O) groups excluding carboxylic acids is 1. The minimum atomic E-state index is -1.11. The van der Waals surface area contributed by atoms with E-state index in [1.165, 1.54) is 21.0 Å². The number of halogens is 1. The Morgan fingerprint density at radius 1 is 1.40 bits per heavy atom. The van der Waals surface area contributed by atoms with Gasteiger partial charge in [-0.25, -0.2) is 0 Å². The van der Waals surface area contributed by atoms with Crippen LogP contribution in [0.3, 0.4) is 0 Å². The third-order valence-corrected chi connectivity index (χ3v) is 3.39. The second-order valence-corrected chi connectivity index (χ2v) is 6.13. The number of nitrogens with one attached hydrogen (secondary N) is 1. The molecule has 0 saturated carbocycles. The molecule has 0 aromatic heterocycles. The van der Waals surface area contributed by atoms with E-state index in [0.717, 1.165) is 10.0 Å². The summed E-state index contributed by atoms with van der Waals surface area (Å²) in [6, 6.07) is 3.59. The normalized spacial score (nSPS) is 11.1. The van der Waals surface area contributed by atoms with E-state index in [1.54, 1.807) is 6.07 Å². The largest absolute Gasteiger partial charge is 0.495 e. The average molecular weight is 344 g/mol. The monoisotopic (exact) mass is 343 g/mol. The van der Waals surface area contributed by atoms with Crippen molar-refractivity contribution in [2.75, 3.05) is 12.4 Å². The maximum Gasteiger partial charge on any atom is 0.309 e. The topological polar surface area (TPSA) is 75.6 Å². The lowest BCUT2D eigenvalue weighted by Crippen LogP contribution is -2.29. The molecule has 110 valence electrons. The van der Waals surface area contributed by atoms with Gasteiger partial charge in [-0.15, -0.1) is 0 Å². The van der Waals surface area contributed by atoms with Crippen LogP contribution in [0.5, 0.6) is 5.75 Å². The number of ether oxygens (including phenoxy) is 1. The van der Waals surface area contributed by atoms with Crippen LogP contribution < -0.4 is 10.1 Å². The van der Waals surface area contributed by atoms with Gasteiger partial charge in [0, 0.05) is 10.9 Å².